The van der Waals surface area contributed by atoms with Gasteiger partial charge in [0.2, 0.25) is 0 Å². The molecule has 18 heavy (non-hydrogen) atoms. The highest BCUT2D eigenvalue weighted by molar-refractivity contribution is 5.74. The summed E-state index contributed by atoms with van der Waals surface area (Å²) in [6.45, 7) is 1.96. The monoisotopic (exact) mass is 244 g/mol. The number of ether oxygens (including phenoxy) is 2. The van der Waals surface area contributed by atoms with E-state index in [9.17, 15) is 0 Å². The smallest absolute Gasteiger partial charge is 0.123 e. The molecule has 0 saturated heterocycles. The molecule has 0 saturated carbocycles. The summed E-state index contributed by atoms with van der Waals surface area (Å²) < 4.78 is 10.5. The maximum atomic E-state index is 5.99. The largest absolute Gasteiger partial charge is 0.497 e. The molecular weight excluding hydrogens is 228 g/mol. The number of anilines is 1. The van der Waals surface area contributed by atoms with Crippen molar-refractivity contribution in [1.82, 2.24) is 4.98 Å². The zero-order chi connectivity index (χ0) is 13.1. The minimum atomic E-state index is 0.644. The summed E-state index contributed by atoms with van der Waals surface area (Å²) >= 11 is 0. The molecule has 0 fully saturated rings. The second-order valence-corrected chi connectivity index (χ2v) is 4.05. The number of benzene rings is 1. The number of methoxy groups -OCH3 is 2. The van der Waals surface area contributed by atoms with E-state index in [0.717, 1.165) is 16.8 Å². The minimum Gasteiger partial charge on any atom is -0.497 e. The van der Waals surface area contributed by atoms with Gasteiger partial charge in [-0.05, 0) is 30.7 Å². The molecule has 0 radical (unpaired) electrons. The molecule has 0 spiro atoms. The molecule has 0 aliphatic carbocycles. The van der Waals surface area contributed by atoms with Gasteiger partial charge in [-0.15, -0.1) is 0 Å². The van der Waals surface area contributed by atoms with Crippen LogP contribution in [-0.4, -0.2) is 19.2 Å². The van der Waals surface area contributed by atoms with Gasteiger partial charge in [-0.2, -0.15) is 0 Å². The van der Waals surface area contributed by atoms with Crippen molar-refractivity contribution >= 4 is 5.69 Å². The van der Waals surface area contributed by atoms with E-state index in [1.165, 1.54) is 0 Å². The first kappa shape index (κ1) is 12.2. The first-order valence-corrected chi connectivity index (χ1v) is 5.59. The van der Waals surface area contributed by atoms with E-state index in [1.54, 1.807) is 20.4 Å². The number of aromatic nitrogens is 1. The summed E-state index contributed by atoms with van der Waals surface area (Å²) in [6, 6.07) is 7.48. The van der Waals surface area contributed by atoms with E-state index in [1.807, 2.05) is 31.2 Å². The minimum absolute atomic E-state index is 0.644. The number of hydrogen-bond donors (Lipinski definition) is 1. The highest BCUT2D eigenvalue weighted by Crippen LogP contribution is 2.31. The van der Waals surface area contributed by atoms with E-state index >= 15 is 0 Å². The summed E-state index contributed by atoms with van der Waals surface area (Å²) in [4.78, 5) is 4.36. The third kappa shape index (κ3) is 2.37. The fourth-order valence-corrected chi connectivity index (χ4v) is 1.78. The lowest BCUT2D eigenvalue weighted by molar-refractivity contribution is 0.394. The van der Waals surface area contributed by atoms with Gasteiger partial charge in [-0.1, -0.05) is 0 Å². The molecule has 1 aromatic heterocycles. The predicted octanol–water partition coefficient (Wildman–Crippen LogP) is 2.66. The molecule has 0 amide bonds. The zero-order valence-electron chi connectivity index (χ0n) is 10.7. The molecular formula is C14H16N2O2. The number of pyridine rings is 1. The molecule has 0 aliphatic rings. The van der Waals surface area contributed by atoms with Crippen LogP contribution in [0.3, 0.4) is 0 Å². The molecule has 2 rings (SSSR count). The quantitative estimate of drug-likeness (QED) is 0.901. The van der Waals surface area contributed by atoms with Crippen molar-refractivity contribution in [2.75, 3.05) is 20.0 Å². The third-order valence-electron chi connectivity index (χ3n) is 2.68. The fraction of sp³-hybridized carbons (Fsp3) is 0.214. The van der Waals surface area contributed by atoms with Gasteiger partial charge in [0.05, 0.1) is 25.6 Å². The molecule has 2 N–H and O–H groups in total. The predicted molar refractivity (Wildman–Crippen MR) is 71.9 cm³/mol. The van der Waals surface area contributed by atoms with Crippen molar-refractivity contribution < 1.29 is 9.47 Å². The van der Waals surface area contributed by atoms with Crippen LogP contribution in [0.1, 0.15) is 5.56 Å². The Balaban J connectivity index is 2.55. The van der Waals surface area contributed by atoms with E-state index < -0.39 is 0 Å². The number of aryl methyl sites for hydroxylation is 1. The molecule has 0 atom stereocenters. The lowest BCUT2D eigenvalue weighted by Crippen LogP contribution is -1.95. The lowest BCUT2D eigenvalue weighted by atomic mass is 10.1. The molecule has 4 nitrogen and oxygen atoms in total. The second-order valence-electron chi connectivity index (χ2n) is 4.05. The number of hydrogen-bond acceptors (Lipinski definition) is 4. The van der Waals surface area contributed by atoms with Crippen molar-refractivity contribution in [1.29, 1.82) is 0 Å². The van der Waals surface area contributed by atoms with Crippen molar-refractivity contribution in [2.45, 2.75) is 6.92 Å². The number of nitrogens with zero attached hydrogens (tertiary/aromatic N) is 1. The Morgan fingerprint density at radius 3 is 2.11 bits per heavy atom. The van der Waals surface area contributed by atoms with Gasteiger partial charge in [0, 0.05) is 17.8 Å². The van der Waals surface area contributed by atoms with Crippen molar-refractivity contribution in [3.8, 4) is 22.8 Å². The van der Waals surface area contributed by atoms with Gasteiger partial charge in [-0.25, -0.2) is 0 Å². The Kier molecular flexibility index (Phi) is 3.37. The van der Waals surface area contributed by atoms with Crippen molar-refractivity contribution in [3.05, 3.63) is 36.0 Å². The first-order valence-electron chi connectivity index (χ1n) is 5.59. The van der Waals surface area contributed by atoms with Crippen LogP contribution in [0.2, 0.25) is 0 Å². The average Bonchev–Trinajstić information content (AvgIpc) is 2.38. The van der Waals surface area contributed by atoms with E-state index in [0.29, 0.717) is 17.2 Å². The van der Waals surface area contributed by atoms with Crippen LogP contribution in [0.15, 0.2) is 30.5 Å². The summed E-state index contributed by atoms with van der Waals surface area (Å²) in [5.41, 5.74) is 9.28. The summed E-state index contributed by atoms with van der Waals surface area (Å²) in [5.74, 6) is 1.43. The molecule has 0 aliphatic heterocycles. The van der Waals surface area contributed by atoms with Crippen LogP contribution in [-0.2, 0) is 0 Å². The Morgan fingerprint density at radius 2 is 1.61 bits per heavy atom. The van der Waals surface area contributed by atoms with E-state index in [4.69, 9.17) is 15.2 Å². The number of nitrogen functional groups attached to an aromatic ring is 1. The maximum absolute atomic E-state index is 5.99. The Morgan fingerprint density at radius 1 is 1.00 bits per heavy atom. The molecule has 0 unspecified atom stereocenters. The lowest BCUT2D eigenvalue weighted by Gasteiger charge is -2.10. The van der Waals surface area contributed by atoms with Gasteiger partial charge in [-0.3, -0.25) is 4.98 Å². The van der Waals surface area contributed by atoms with Gasteiger partial charge in [0.25, 0.3) is 0 Å². The molecule has 94 valence electrons. The van der Waals surface area contributed by atoms with Crippen LogP contribution < -0.4 is 15.2 Å². The Hall–Kier alpha value is -2.23. The fourth-order valence-electron chi connectivity index (χ4n) is 1.78. The van der Waals surface area contributed by atoms with E-state index in [2.05, 4.69) is 4.98 Å². The molecule has 0 bridgehead atoms. The topological polar surface area (TPSA) is 57.4 Å². The van der Waals surface area contributed by atoms with Gasteiger partial charge >= 0.3 is 0 Å². The molecule has 1 heterocycles. The molecule has 1 aromatic carbocycles. The normalized spacial score (nSPS) is 10.2. The molecule has 2 aromatic rings. The van der Waals surface area contributed by atoms with Crippen LogP contribution in [0, 0.1) is 6.92 Å². The number of nitrogens with two attached hydrogens (primary N) is 1. The van der Waals surface area contributed by atoms with Gasteiger partial charge in [0.15, 0.2) is 0 Å². The third-order valence-corrected chi connectivity index (χ3v) is 2.68. The SMILES string of the molecule is COc1cc(OC)cc(-c2ncc(C)cc2N)c1. The molecule has 4 heteroatoms. The second kappa shape index (κ2) is 4.96. The highest BCUT2D eigenvalue weighted by atomic mass is 16.5. The van der Waals surface area contributed by atoms with Gasteiger partial charge in [0.1, 0.15) is 11.5 Å². The Bertz CT molecular complexity index is 545. The maximum Gasteiger partial charge on any atom is 0.123 e. The summed E-state index contributed by atoms with van der Waals surface area (Å²) in [6.07, 6.45) is 1.79. The van der Waals surface area contributed by atoms with Crippen molar-refractivity contribution in [3.63, 3.8) is 0 Å². The zero-order valence-corrected chi connectivity index (χ0v) is 10.7. The van der Waals surface area contributed by atoms with Crippen LogP contribution in [0.25, 0.3) is 11.3 Å². The summed E-state index contributed by atoms with van der Waals surface area (Å²) in [7, 11) is 3.23. The van der Waals surface area contributed by atoms with Gasteiger partial charge < -0.3 is 15.2 Å². The highest BCUT2D eigenvalue weighted by Gasteiger charge is 2.08. The van der Waals surface area contributed by atoms with Crippen LogP contribution >= 0.6 is 0 Å². The van der Waals surface area contributed by atoms with Crippen molar-refractivity contribution in [2.24, 2.45) is 0 Å². The average molecular weight is 244 g/mol. The summed E-state index contributed by atoms with van der Waals surface area (Å²) in [5, 5.41) is 0. The van der Waals surface area contributed by atoms with Crippen LogP contribution in [0.4, 0.5) is 5.69 Å². The van der Waals surface area contributed by atoms with Crippen LogP contribution in [0.5, 0.6) is 11.5 Å². The van der Waals surface area contributed by atoms with E-state index in [-0.39, 0.29) is 0 Å². The first-order chi connectivity index (χ1) is 8.63. The standard InChI is InChI=1S/C14H16N2O2/c1-9-4-13(15)14(16-8-9)10-5-11(17-2)7-12(6-10)18-3/h4-8H,15H2,1-3H3. The Labute approximate surface area is 106 Å². The number of rotatable bonds is 3.